The minimum Gasteiger partial charge on any atom is -0.508 e. The van der Waals surface area contributed by atoms with Crippen LogP contribution in [0.15, 0.2) is 53.0 Å². The number of phenols is 1. The third-order valence-corrected chi connectivity index (χ3v) is 4.33. The highest BCUT2D eigenvalue weighted by molar-refractivity contribution is 9.10. The third-order valence-electron chi connectivity index (χ3n) is 3.80. The van der Waals surface area contributed by atoms with Crippen LogP contribution in [0.5, 0.6) is 5.75 Å². The Bertz CT molecular complexity index is 663. The Morgan fingerprint density at radius 1 is 1.05 bits per heavy atom. The van der Waals surface area contributed by atoms with Crippen LogP contribution in [0.25, 0.3) is 6.08 Å². The van der Waals surface area contributed by atoms with Crippen molar-refractivity contribution in [3.05, 3.63) is 69.7 Å². The second kappa shape index (κ2) is 6.70. The van der Waals surface area contributed by atoms with Crippen LogP contribution in [0.1, 0.15) is 50.3 Å². The van der Waals surface area contributed by atoms with Crippen molar-refractivity contribution in [1.82, 2.24) is 0 Å². The first-order valence-corrected chi connectivity index (χ1v) is 8.34. The molecular weight excluding hydrogens is 336 g/mol. The summed E-state index contributed by atoms with van der Waals surface area (Å²) in [7, 11) is 0. The van der Waals surface area contributed by atoms with E-state index in [9.17, 15) is 5.11 Å². The fourth-order valence-corrected chi connectivity index (χ4v) is 2.64. The lowest BCUT2D eigenvalue weighted by Crippen LogP contribution is -2.12. The highest BCUT2D eigenvalue weighted by Gasteiger charge is 2.19. The van der Waals surface area contributed by atoms with Gasteiger partial charge in [-0.1, -0.05) is 80.0 Å². The minimum absolute atomic E-state index is 0.0603. The normalized spacial score (nSPS) is 13.5. The Kier molecular flexibility index (Phi) is 5.12. The fourth-order valence-electron chi connectivity index (χ4n) is 2.38. The second-order valence-corrected chi connectivity index (χ2v) is 7.64. The molecule has 0 heterocycles. The Morgan fingerprint density at radius 2 is 1.68 bits per heavy atom. The molecule has 2 aromatic rings. The van der Waals surface area contributed by atoms with E-state index in [0.717, 1.165) is 10.0 Å². The molecule has 0 aliphatic carbocycles. The number of hydrogen-bond acceptors (Lipinski definition) is 1. The molecule has 2 rings (SSSR count). The summed E-state index contributed by atoms with van der Waals surface area (Å²) >= 11 is 3.45. The molecule has 0 saturated heterocycles. The van der Waals surface area contributed by atoms with Crippen molar-refractivity contribution >= 4 is 22.0 Å². The van der Waals surface area contributed by atoms with Gasteiger partial charge in [-0.15, -0.1) is 0 Å². The summed E-state index contributed by atoms with van der Waals surface area (Å²) in [5, 5.41) is 10.1. The van der Waals surface area contributed by atoms with Crippen LogP contribution in [0.2, 0.25) is 0 Å². The van der Waals surface area contributed by atoms with Gasteiger partial charge in [0, 0.05) is 4.47 Å². The Balaban J connectivity index is 2.22. The van der Waals surface area contributed by atoms with Crippen molar-refractivity contribution in [1.29, 1.82) is 0 Å². The molecule has 1 unspecified atom stereocenters. The second-order valence-electron chi connectivity index (χ2n) is 6.73. The number of hydrogen-bond donors (Lipinski definition) is 1. The lowest BCUT2D eigenvalue weighted by Gasteiger charge is -2.22. The summed E-state index contributed by atoms with van der Waals surface area (Å²) in [6, 6.07) is 14.2. The molecule has 0 aliphatic rings. The number of allylic oxidation sites excluding steroid dienone is 1. The molecule has 0 bridgehead atoms. The van der Waals surface area contributed by atoms with E-state index in [2.05, 4.69) is 74.0 Å². The van der Waals surface area contributed by atoms with Gasteiger partial charge in [0.1, 0.15) is 5.75 Å². The number of halogens is 1. The highest BCUT2D eigenvalue weighted by atomic mass is 79.9. The maximum atomic E-state index is 10.1. The van der Waals surface area contributed by atoms with Crippen molar-refractivity contribution in [2.75, 3.05) is 0 Å². The van der Waals surface area contributed by atoms with E-state index in [1.54, 1.807) is 6.07 Å². The third kappa shape index (κ3) is 4.23. The summed E-state index contributed by atoms with van der Waals surface area (Å²) in [4.78, 5) is 0. The van der Waals surface area contributed by atoms with E-state index >= 15 is 0 Å². The first kappa shape index (κ1) is 16.8. The molecule has 0 aromatic heterocycles. The van der Waals surface area contributed by atoms with Crippen molar-refractivity contribution in [3.63, 3.8) is 0 Å². The predicted octanol–water partition coefficient (Wildman–Crippen LogP) is 6.27. The van der Waals surface area contributed by atoms with Gasteiger partial charge >= 0.3 is 0 Å². The SMILES string of the molecule is CC(/C=C/c1ccc(Br)cc1)c1ccc(O)c(C(C)(C)C)c1. The van der Waals surface area contributed by atoms with E-state index in [0.29, 0.717) is 11.7 Å². The Hall–Kier alpha value is -1.54. The predicted molar refractivity (Wildman–Crippen MR) is 98.4 cm³/mol. The molecule has 0 fully saturated rings. The molecular formula is C20H23BrO. The lowest BCUT2D eigenvalue weighted by atomic mass is 9.84. The van der Waals surface area contributed by atoms with Gasteiger partial charge in [0.15, 0.2) is 0 Å². The van der Waals surface area contributed by atoms with Crippen LogP contribution < -0.4 is 0 Å². The summed E-state index contributed by atoms with van der Waals surface area (Å²) in [6.07, 6.45) is 4.34. The van der Waals surface area contributed by atoms with Crippen LogP contribution in [0, 0.1) is 0 Å². The molecule has 116 valence electrons. The highest BCUT2D eigenvalue weighted by Crippen LogP contribution is 2.33. The number of rotatable bonds is 3. The molecule has 0 amide bonds. The van der Waals surface area contributed by atoms with Gasteiger partial charge in [-0.25, -0.2) is 0 Å². The smallest absolute Gasteiger partial charge is 0.119 e. The molecule has 2 heteroatoms. The molecule has 2 aromatic carbocycles. The van der Waals surface area contributed by atoms with E-state index in [1.165, 1.54) is 11.1 Å². The minimum atomic E-state index is -0.0603. The average molecular weight is 359 g/mol. The topological polar surface area (TPSA) is 20.2 Å². The van der Waals surface area contributed by atoms with Crippen molar-refractivity contribution in [2.45, 2.75) is 39.0 Å². The zero-order valence-corrected chi connectivity index (χ0v) is 15.2. The molecule has 1 atom stereocenters. The van der Waals surface area contributed by atoms with Gasteiger partial charge in [-0.05, 0) is 46.2 Å². The van der Waals surface area contributed by atoms with Crippen LogP contribution in [0.3, 0.4) is 0 Å². The molecule has 22 heavy (non-hydrogen) atoms. The summed E-state index contributed by atoms with van der Waals surface area (Å²) in [5.74, 6) is 0.672. The fraction of sp³-hybridized carbons (Fsp3) is 0.300. The van der Waals surface area contributed by atoms with Crippen molar-refractivity contribution in [3.8, 4) is 5.75 Å². The Labute approximate surface area is 141 Å². The largest absolute Gasteiger partial charge is 0.508 e. The quantitative estimate of drug-likeness (QED) is 0.685. The molecule has 1 N–H and O–H groups in total. The Morgan fingerprint density at radius 3 is 2.27 bits per heavy atom. The summed E-state index contributed by atoms with van der Waals surface area (Å²) in [6.45, 7) is 8.53. The van der Waals surface area contributed by atoms with Crippen LogP contribution in [0.4, 0.5) is 0 Å². The first-order chi connectivity index (χ1) is 10.3. The maximum absolute atomic E-state index is 10.1. The van der Waals surface area contributed by atoms with Gasteiger partial charge in [0.05, 0.1) is 0 Å². The number of benzene rings is 2. The monoisotopic (exact) mass is 358 g/mol. The van der Waals surface area contributed by atoms with Gasteiger partial charge in [-0.2, -0.15) is 0 Å². The number of phenolic OH excluding ortho intramolecular Hbond substituents is 1. The van der Waals surface area contributed by atoms with Crippen LogP contribution in [-0.2, 0) is 5.41 Å². The molecule has 0 spiro atoms. The van der Waals surface area contributed by atoms with Gasteiger partial charge < -0.3 is 5.11 Å². The van der Waals surface area contributed by atoms with E-state index in [1.807, 2.05) is 18.2 Å². The van der Waals surface area contributed by atoms with E-state index in [-0.39, 0.29) is 5.41 Å². The lowest BCUT2D eigenvalue weighted by molar-refractivity contribution is 0.446. The van der Waals surface area contributed by atoms with Gasteiger partial charge in [0.25, 0.3) is 0 Å². The first-order valence-electron chi connectivity index (χ1n) is 7.54. The molecule has 0 radical (unpaired) electrons. The van der Waals surface area contributed by atoms with Gasteiger partial charge in [0.2, 0.25) is 0 Å². The molecule has 1 nitrogen and oxygen atoms in total. The van der Waals surface area contributed by atoms with Crippen molar-refractivity contribution < 1.29 is 5.11 Å². The zero-order chi connectivity index (χ0) is 16.3. The zero-order valence-electron chi connectivity index (χ0n) is 13.6. The number of aromatic hydroxyl groups is 1. The van der Waals surface area contributed by atoms with Crippen molar-refractivity contribution in [2.24, 2.45) is 0 Å². The molecule has 0 saturated carbocycles. The maximum Gasteiger partial charge on any atom is 0.119 e. The summed E-state index contributed by atoms with van der Waals surface area (Å²) in [5.41, 5.74) is 3.34. The van der Waals surface area contributed by atoms with Crippen LogP contribution >= 0.6 is 15.9 Å². The summed E-state index contributed by atoms with van der Waals surface area (Å²) < 4.78 is 1.09. The van der Waals surface area contributed by atoms with Crippen LogP contribution in [-0.4, -0.2) is 5.11 Å². The van der Waals surface area contributed by atoms with E-state index < -0.39 is 0 Å². The van der Waals surface area contributed by atoms with E-state index in [4.69, 9.17) is 0 Å². The van der Waals surface area contributed by atoms with Gasteiger partial charge in [-0.3, -0.25) is 0 Å². The average Bonchev–Trinajstić information content (AvgIpc) is 2.45. The standard InChI is InChI=1S/C20H23BrO/c1-14(5-6-15-7-10-17(21)11-8-15)16-9-12-19(22)18(13-16)20(2,3)4/h5-14,22H,1-4H3/b6-5+. The molecule has 0 aliphatic heterocycles.